The van der Waals surface area contributed by atoms with Crippen LogP contribution in [-0.4, -0.2) is 27.5 Å². The Hall–Kier alpha value is -4.59. The van der Waals surface area contributed by atoms with Crippen LogP contribution in [0.3, 0.4) is 0 Å². The fourth-order valence-corrected chi connectivity index (χ4v) is 4.03. The van der Waals surface area contributed by atoms with E-state index in [-0.39, 0.29) is 42.9 Å². The monoisotopic (exact) mass is 468 g/mol. The molecule has 8 heteroatoms. The topological polar surface area (TPSA) is 84.3 Å². The van der Waals surface area contributed by atoms with Gasteiger partial charge in [0, 0.05) is 42.3 Å². The lowest BCUT2D eigenvalue weighted by Crippen LogP contribution is -2.29. The minimum atomic E-state index is -0.358. The molecule has 0 saturated carbocycles. The molecule has 3 aromatic carbocycles. The first-order valence-corrected chi connectivity index (χ1v) is 11.1. The normalized spacial score (nSPS) is 13.3. The molecule has 1 aliphatic heterocycles. The van der Waals surface area contributed by atoms with Gasteiger partial charge in [-0.2, -0.15) is 5.10 Å². The number of para-hydroxylation sites is 1. The van der Waals surface area contributed by atoms with Gasteiger partial charge >= 0.3 is 0 Å². The molecule has 0 radical (unpaired) electrons. The largest absolute Gasteiger partial charge is 0.348 e. The van der Waals surface area contributed by atoms with E-state index < -0.39 is 0 Å². The van der Waals surface area contributed by atoms with Crippen LogP contribution in [-0.2, 0) is 16.1 Å². The molecule has 4 aromatic rings. The summed E-state index contributed by atoms with van der Waals surface area (Å²) >= 11 is 0. The zero-order chi connectivity index (χ0) is 24.4. The average Bonchev–Trinajstić information content (AvgIpc) is 3.46. The predicted octanol–water partition coefficient (Wildman–Crippen LogP) is 4.26. The third-order valence-electron chi connectivity index (χ3n) is 5.79. The number of hydrogen-bond donors (Lipinski definition) is 1. The van der Waals surface area contributed by atoms with Crippen LogP contribution in [0.15, 0.2) is 85.1 Å². The molecule has 1 saturated heterocycles. The van der Waals surface area contributed by atoms with E-state index in [0.717, 1.165) is 21.7 Å². The van der Waals surface area contributed by atoms with Gasteiger partial charge in [-0.15, -0.1) is 0 Å². The molecule has 0 bridgehead atoms. The second-order valence-electron chi connectivity index (χ2n) is 8.15. The summed E-state index contributed by atoms with van der Waals surface area (Å²) in [6.07, 6.45) is 2.17. The molecule has 2 heterocycles. The fraction of sp³-hybridized carbons (Fsp3) is 0.111. The van der Waals surface area contributed by atoms with Gasteiger partial charge in [-0.05, 0) is 54.6 Å². The summed E-state index contributed by atoms with van der Waals surface area (Å²) in [5, 5.41) is 7.56. The van der Waals surface area contributed by atoms with E-state index in [1.54, 1.807) is 35.0 Å². The Kier molecular flexibility index (Phi) is 5.93. The van der Waals surface area contributed by atoms with Gasteiger partial charge in [0.25, 0.3) is 5.91 Å². The summed E-state index contributed by atoms with van der Waals surface area (Å²) < 4.78 is 15.2. The maximum Gasteiger partial charge on any atom is 0.251 e. The van der Waals surface area contributed by atoms with Gasteiger partial charge in [-0.25, -0.2) is 9.07 Å². The highest BCUT2D eigenvalue weighted by molar-refractivity contribution is 6.20. The zero-order valence-corrected chi connectivity index (χ0v) is 18.6. The quantitative estimate of drug-likeness (QED) is 0.429. The van der Waals surface area contributed by atoms with Gasteiger partial charge in [0.1, 0.15) is 5.82 Å². The van der Waals surface area contributed by atoms with Crippen molar-refractivity contribution in [1.82, 2.24) is 15.1 Å². The maximum absolute atomic E-state index is 13.5. The van der Waals surface area contributed by atoms with Crippen LogP contribution in [0.25, 0.3) is 16.9 Å². The molecule has 0 atom stereocenters. The fourth-order valence-electron chi connectivity index (χ4n) is 4.03. The summed E-state index contributed by atoms with van der Waals surface area (Å²) in [6.45, 7) is 0.171. The Balaban J connectivity index is 1.40. The lowest BCUT2D eigenvalue weighted by atomic mass is 10.1. The molecular formula is C27H21FN4O3. The highest BCUT2D eigenvalue weighted by Gasteiger charge is 2.30. The molecule has 1 fully saturated rings. The van der Waals surface area contributed by atoms with E-state index in [4.69, 9.17) is 0 Å². The number of halogens is 1. The molecule has 3 amide bonds. The molecule has 1 aliphatic rings. The number of nitrogens with one attached hydrogen (secondary N) is 1. The first kappa shape index (κ1) is 22.2. The number of anilines is 1. The van der Waals surface area contributed by atoms with Crippen molar-refractivity contribution in [3.63, 3.8) is 0 Å². The predicted molar refractivity (Wildman–Crippen MR) is 128 cm³/mol. The molecule has 5 rings (SSSR count). The van der Waals surface area contributed by atoms with Crippen LogP contribution in [0.5, 0.6) is 0 Å². The Morgan fingerprint density at radius 3 is 2.29 bits per heavy atom. The van der Waals surface area contributed by atoms with E-state index in [2.05, 4.69) is 10.4 Å². The van der Waals surface area contributed by atoms with Gasteiger partial charge < -0.3 is 5.32 Å². The number of rotatable bonds is 6. The van der Waals surface area contributed by atoms with Crippen LogP contribution in [0.1, 0.15) is 28.8 Å². The van der Waals surface area contributed by atoms with E-state index in [9.17, 15) is 18.8 Å². The number of imide groups is 1. The standard InChI is InChI=1S/C27H21FN4O3/c28-21-11-9-18(10-12-21)26-20(17-31(30-26)22-6-2-1-3-7-22)16-29-27(35)19-5-4-8-23(15-19)32-24(33)13-14-25(32)34/h1-12,15,17H,13-14,16H2,(H,29,35). The molecule has 1 aromatic heterocycles. The molecule has 1 N–H and O–H groups in total. The van der Waals surface area contributed by atoms with Crippen molar-refractivity contribution in [3.8, 4) is 16.9 Å². The van der Waals surface area contributed by atoms with Gasteiger partial charge in [0.2, 0.25) is 11.8 Å². The number of nitrogens with zero attached hydrogens (tertiary/aromatic N) is 3. The SMILES string of the molecule is O=C(NCc1cn(-c2ccccc2)nc1-c1ccc(F)cc1)c1cccc(N2C(=O)CCC2=O)c1. The molecule has 35 heavy (non-hydrogen) atoms. The summed E-state index contributed by atoms with van der Waals surface area (Å²) in [5.41, 5.74) is 3.65. The van der Waals surface area contributed by atoms with Crippen LogP contribution in [0, 0.1) is 5.82 Å². The summed E-state index contributed by atoms with van der Waals surface area (Å²) in [6, 6.07) is 22.0. The third-order valence-corrected chi connectivity index (χ3v) is 5.79. The first-order valence-electron chi connectivity index (χ1n) is 11.1. The molecular weight excluding hydrogens is 447 g/mol. The van der Waals surface area contributed by atoms with Crippen LogP contribution >= 0.6 is 0 Å². The first-order chi connectivity index (χ1) is 17.0. The minimum Gasteiger partial charge on any atom is -0.348 e. The number of aromatic nitrogens is 2. The third kappa shape index (κ3) is 4.59. The molecule has 0 spiro atoms. The van der Waals surface area contributed by atoms with Crippen LogP contribution in [0.2, 0.25) is 0 Å². The smallest absolute Gasteiger partial charge is 0.251 e. The van der Waals surface area contributed by atoms with E-state index in [0.29, 0.717) is 16.9 Å². The van der Waals surface area contributed by atoms with Crippen molar-refractivity contribution in [2.45, 2.75) is 19.4 Å². The number of hydrogen-bond acceptors (Lipinski definition) is 4. The van der Waals surface area contributed by atoms with Crippen molar-refractivity contribution in [3.05, 3.63) is 102 Å². The van der Waals surface area contributed by atoms with E-state index in [1.165, 1.54) is 18.2 Å². The Labute approximate surface area is 200 Å². The Morgan fingerprint density at radius 1 is 0.886 bits per heavy atom. The minimum absolute atomic E-state index is 0.171. The van der Waals surface area contributed by atoms with E-state index in [1.807, 2.05) is 36.5 Å². The van der Waals surface area contributed by atoms with Crippen molar-refractivity contribution in [2.75, 3.05) is 4.90 Å². The Morgan fingerprint density at radius 2 is 1.57 bits per heavy atom. The number of amides is 3. The molecule has 174 valence electrons. The lowest BCUT2D eigenvalue weighted by molar-refractivity contribution is -0.121. The summed E-state index contributed by atoms with van der Waals surface area (Å²) in [5.74, 6) is -1.25. The molecule has 0 aliphatic carbocycles. The summed E-state index contributed by atoms with van der Waals surface area (Å²) in [4.78, 5) is 38.2. The zero-order valence-electron chi connectivity index (χ0n) is 18.6. The van der Waals surface area contributed by atoms with Crippen molar-refractivity contribution in [1.29, 1.82) is 0 Å². The van der Waals surface area contributed by atoms with Crippen LogP contribution in [0.4, 0.5) is 10.1 Å². The van der Waals surface area contributed by atoms with Gasteiger partial charge in [-0.1, -0.05) is 24.3 Å². The second kappa shape index (κ2) is 9.34. The maximum atomic E-state index is 13.5. The van der Waals surface area contributed by atoms with Gasteiger partial charge in [0.05, 0.1) is 17.1 Å². The molecule has 0 unspecified atom stereocenters. The lowest BCUT2D eigenvalue weighted by Gasteiger charge is -2.14. The molecule has 7 nitrogen and oxygen atoms in total. The summed E-state index contributed by atoms with van der Waals surface area (Å²) in [7, 11) is 0. The van der Waals surface area contributed by atoms with Crippen molar-refractivity contribution < 1.29 is 18.8 Å². The highest BCUT2D eigenvalue weighted by Crippen LogP contribution is 2.25. The van der Waals surface area contributed by atoms with Crippen molar-refractivity contribution in [2.24, 2.45) is 0 Å². The number of carbonyl (C=O) groups excluding carboxylic acids is 3. The number of benzene rings is 3. The highest BCUT2D eigenvalue weighted by atomic mass is 19.1. The van der Waals surface area contributed by atoms with Crippen LogP contribution < -0.4 is 10.2 Å². The number of carbonyl (C=O) groups is 3. The van der Waals surface area contributed by atoms with Gasteiger partial charge in [-0.3, -0.25) is 19.3 Å². The second-order valence-corrected chi connectivity index (χ2v) is 8.15. The van der Waals surface area contributed by atoms with Gasteiger partial charge in [0.15, 0.2) is 0 Å². The van der Waals surface area contributed by atoms with Crippen molar-refractivity contribution >= 4 is 23.4 Å². The Bertz CT molecular complexity index is 1400. The average molecular weight is 468 g/mol. The van der Waals surface area contributed by atoms with E-state index >= 15 is 0 Å².